The van der Waals surface area contributed by atoms with Gasteiger partial charge in [0.2, 0.25) is 0 Å². The molecule has 0 spiro atoms. The third-order valence-corrected chi connectivity index (χ3v) is 5.42. The molecule has 4 nitrogen and oxygen atoms in total. The maximum Gasteiger partial charge on any atom is 0.262 e. The van der Waals surface area contributed by atoms with Crippen molar-refractivity contribution in [3.05, 3.63) is 57.0 Å². The fraction of sp³-hybridized carbons (Fsp3) is 0.143. The molecule has 2 N–H and O–H groups in total. The van der Waals surface area contributed by atoms with Gasteiger partial charge in [0, 0.05) is 15.5 Å². The number of rotatable bonds is 5. The van der Waals surface area contributed by atoms with Gasteiger partial charge in [0.25, 0.3) is 10.0 Å². The number of hydrogen-bond donors (Lipinski definition) is 2. The maximum atomic E-state index is 12.6. The molecule has 112 valence electrons. The largest absolute Gasteiger partial charge is 0.316 e. The van der Waals surface area contributed by atoms with Crippen LogP contribution in [0.1, 0.15) is 5.56 Å². The van der Waals surface area contributed by atoms with E-state index in [4.69, 9.17) is 0 Å². The summed E-state index contributed by atoms with van der Waals surface area (Å²) < 4.78 is 29.3. The zero-order chi connectivity index (χ0) is 15.5. The molecule has 0 saturated carbocycles. The third kappa shape index (κ3) is 4.06. The second-order valence-electron chi connectivity index (χ2n) is 4.37. The van der Waals surface area contributed by atoms with E-state index in [1.165, 1.54) is 0 Å². The van der Waals surface area contributed by atoms with Crippen molar-refractivity contribution in [1.29, 1.82) is 0 Å². The molecule has 21 heavy (non-hydrogen) atoms. The number of sulfonamides is 1. The van der Waals surface area contributed by atoms with E-state index in [1.54, 1.807) is 43.4 Å². The van der Waals surface area contributed by atoms with Gasteiger partial charge in [0.15, 0.2) is 0 Å². The molecule has 0 aliphatic heterocycles. The minimum Gasteiger partial charge on any atom is -0.316 e. The lowest BCUT2D eigenvalue weighted by molar-refractivity contribution is 0.599. The van der Waals surface area contributed by atoms with Crippen LogP contribution < -0.4 is 10.0 Å². The van der Waals surface area contributed by atoms with Crippen molar-refractivity contribution in [2.45, 2.75) is 11.4 Å². The van der Waals surface area contributed by atoms with Gasteiger partial charge in [-0.3, -0.25) is 4.72 Å². The number of hydrogen-bond acceptors (Lipinski definition) is 3. The van der Waals surface area contributed by atoms with Crippen LogP contribution in [0.15, 0.2) is 56.3 Å². The van der Waals surface area contributed by atoms with Gasteiger partial charge in [-0.2, -0.15) is 0 Å². The fourth-order valence-corrected chi connectivity index (χ4v) is 4.47. The van der Waals surface area contributed by atoms with Gasteiger partial charge < -0.3 is 5.32 Å². The molecule has 0 bridgehead atoms. The van der Waals surface area contributed by atoms with Crippen LogP contribution in [0.5, 0.6) is 0 Å². The number of benzene rings is 2. The van der Waals surface area contributed by atoms with E-state index in [-0.39, 0.29) is 4.90 Å². The summed E-state index contributed by atoms with van der Waals surface area (Å²) in [5.74, 6) is 0. The van der Waals surface area contributed by atoms with Crippen molar-refractivity contribution < 1.29 is 8.42 Å². The molecule has 0 unspecified atom stereocenters. The lowest BCUT2D eigenvalue weighted by atomic mass is 10.2. The smallest absolute Gasteiger partial charge is 0.262 e. The van der Waals surface area contributed by atoms with Crippen LogP contribution >= 0.6 is 31.9 Å². The Bertz CT molecular complexity index is 748. The lowest BCUT2D eigenvalue weighted by Gasteiger charge is -2.13. The summed E-state index contributed by atoms with van der Waals surface area (Å²) in [4.78, 5) is 0.272. The molecule has 0 aliphatic rings. The maximum absolute atomic E-state index is 12.6. The SMILES string of the molecule is CNCc1ccccc1S(=O)(=O)Nc1ccc(Br)cc1Br. The Balaban J connectivity index is 2.39. The molecule has 0 aliphatic carbocycles. The van der Waals surface area contributed by atoms with Gasteiger partial charge in [0.05, 0.1) is 10.6 Å². The zero-order valence-corrected chi connectivity index (χ0v) is 15.2. The summed E-state index contributed by atoms with van der Waals surface area (Å²) in [5.41, 5.74) is 1.22. The van der Waals surface area contributed by atoms with Crippen LogP contribution in [0.3, 0.4) is 0 Å². The van der Waals surface area contributed by atoms with Crippen LogP contribution in [0.4, 0.5) is 5.69 Å². The molecule has 0 amide bonds. The van der Waals surface area contributed by atoms with E-state index in [0.717, 1.165) is 10.0 Å². The second kappa shape index (κ2) is 6.91. The van der Waals surface area contributed by atoms with Gasteiger partial charge in [-0.15, -0.1) is 0 Å². The molecule has 0 radical (unpaired) electrons. The van der Waals surface area contributed by atoms with Crippen molar-refractivity contribution in [2.24, 2.45) is 0 Å². The predicted molar refractivity (Wildman–Crippen MR) is 91.9 cm³/mol. The van der Waals surface area contributed by atoms with E-state index in [9.17, 15) is 8.42 Å². The van der Waals surface area contributed by atoms with Gasteiger partial charge >= 0.3 is 0 Å². The first-order valence-corrected chi connectivity index (χ1v) is 9.21. The number of halogens is 2. The molecule has 0 saturated heterocycles. The molecular weight excluding hydrogens is 420 g/mol. The lowest BCUT2D eigenvalue weighted by Crippen LogP contribution is -2.17. The summed E-state index contributed by atoms with van der Waals surface area (Å²) in [6, 6.07) is 12.2. The quantitative estimate of drug-likeness (QED) is 0.755. The van der Waals surface area contributed by atoms with Crippen molar-refractivity contribution in [3.63, 3.8) is 0 Å². The van der Waals surface area contributed by atoms with Gasteiger partial charge in [-0.25, -0.2) is 8.42 Å². The first-order valence-electron chi connectivity index (χ1n) is 6.14. The van der Waals surface area contributed by atoms with Crippen LogP contribution in [0.2, 0.25) is 0 Å². The highest BCUT2D eigenvalue weighted by atomic mass is 79.9. The van der Waals surface area contributed by atoms with E-state index in [1.807, 2.05) is 6.07 Å². The highest BCUT2D eigenvalue weighted by Gasteiger charge is 2.18. The van der Waals surface area contributed by atoms with E-state index in [2.05, 4.69) is 41.9 Å². The van der Waals surface area contributed by atoms with Gasteiger partial charge in [0.1, 0.15) is 0 Å². The monoisotopic (exact) mass is 432 g/mol. The summed E-state index contributed by atoms with van der Waals surface area (Å²) in [5, 5.41) is 2.97. The van der Waals surface area contributed by atoms with Crippen LogP contribution in [-0.2, 0) is 16.6 Å². The minimum atomic E-state index is -3.64. The number of anilines is 1. The molecule has 0 atom stereocenters. The Morgan fingerprint density at radius 3 is 2.48 bits per heavy atom. The van der Waals surface area contributed by atoms with Crippen LogP contribution in [-0.4, -0.2) is 15.5 Å². The average molecular weight is 434 g/mol. The molecule has 7 heteroatoms. The Kier molecular flexibility index (Phi) is 5.43. The highest BCUT2D eigenvalue weighted by molar-refractivity contribution is 9.11. The topological polar surface area (TPSA) is 58.2 Å². The Hall–Kier alpha value is -0.890. The normalized spacial score (nSPS) is 11.4. The summed E-state index contributed by atoms with van der Waals surface area (Å²) in [7, 11) is -1.86. The first kappa shape index (κ1) is 16.5. The van der Waals surface area contributed by atoms with Crippen molar-refractivity contribution in [3.8, 4) is 0 Å². The van der Waals surface area contributed by atoms with Crippen LogP contribution in [0.25, 0.3) is 0 Å². The Labute approximate surface area is 141 Å². The molecule has 2 rings (SSSR count). The fourth-order valence-electron chi connectivity index (χ4n) is 1.87. The molecule has 0 aromatic heterocycles. The molecule has 0 fully saturated rings. The third-order valence-electron chi connectivity index (χ3n) is 2.80. The Morgan fingerprint density at radius 2 is 1.81 bits per heavy atom. The highest BCUT2D eigenvalue weighted by Crippen LogP contribution is 2.28. The van der Waals surface area contributed by atoms with E-state index in [0.29, 0.717) is 16.7 Å². The van der Waals surface area contributed by atoms with Crippen molar-refractivity contribution in [1.82, 2.24) is 5.32 Å². The van der Waals surface area contributed by atoms with E-state index < -0.39 is 10.0 Å². The molecular formula is C14H14Br2N2O2S. The van der Waals surface area contributed by atoms with Crippen LogP contribution in [0, 0.1) is 0 Å². The Morgan fingerprint density at radius 1 is 1.10 bits per heavy atom. The summed E-state index contributed by atoms with van der Waals surface area (Å²) in [6.45, 7) is 0.485. The van der Waals surface area contributed by atoms with Crippen molar-refractivity contribution in [2.75, 3.05) is 11.8 Å². The standard InChI is InChI=1S/C14H14Br2N2O2S/c1-17-9-10-4-2-3-5-14(10)21(19,20)18-13-7-6-11(15)8-12(13)16/h2-8,17-18H,9H2,1H3. The predicted octanol–water partition coefficient (Wildman–Crippen LogP) is 3.73. The van der Waals surface area contributed by atoms with Gasteiger partial charge in [-0.05, 0) is 52.8 Å². The number of nitrogens with one attached hydrogen (secondary N) is 2. The molecule has 2 aromatic carbocycles. The average Bonchev–Trinajstić information content (AvgIpc) is 2.43. The van der Waals surface area contributed by atoms with E-state index >= 15 is 0 Å². The minimum absolute atomic E-state index is 0.272. The summed E-state index contributed by atoms with van der Waals surface area (Å²) >= 11 is 6.69. The summed E-state index contributed by atoms with van der Waals surface area (Å²) in [6.07, 6.45) is 0. The molecule has 0 heterocycles. The van der Waals surface area contributed by atoms with Crippen molar-refractivity contribution >= 4 is 47.6 Å². The van der Waals surface area contributed by atoms with Gasteiger partial charge in [-0.1, -0.05) is 34.1 Å². The molecule has 2 aromatic rings. The zero-order valence-electron chi connectivity index (χ0n) is 11.2. The second-order valence-corrected chi connectivity index (χ2v) is 7.79. The first-order chi connectivity index (χ1) is 9.94.